The molecular weight excluding hydrogens is 709 g/mol. The molecule has 0 fully saturated rings. The Hall–Kier alpha value is -4.15. The SMILES string of the molecule is CCCCCCCCCCCCCN1c2cccc3cccc(c23)C1/C=C1\C(=O)C(/C=C2\c3cccc4cccc(c34)[NH+]2CCCCCCCCCCCCC)=C1[O-]. The minimum Gasteiger partial charge on any atom is -0.871 e. The number of nitrogens with one attached hydrogen (secondary N) is 1. The number of quaternary nitrogens is 1. The van der Waals surface area contributed by atoms with Crippen molar-refractivity contribution in [3.05, 3.63) is 113 Å². The highest BCUT2D eigenvalue weighted by molar-refractivity contribution is 6.21. The van der Waals surface area contributed by atoms with Crippen LogP contribution < -0.4 is 14.9 Å². The van der Waals surface area contributed by atoms with Crippen molar-refractivity contribution >= 4 is 44.4 Å². The lowest BCUT2D eigenvalue weighted by atomic mass is 9.85. The minimum absolute atomic E-state index is 0.104. The molecule has 4 aromatic carbocycles. The zero-order valence-corrected chi connectivity index (χ0v) is 35.9. The molecule has 1 aliphatic carbocycles. The topological polar surface area (TPSA) is 47.8 Å². The van der Waals surface area contributed by atoms with Gasteiger partial charge in [-0.2, -0.15) is 0 Å². The van der Waals surface area contributed by atoms with E-state index >= 15 is 0 Å². The second kappa shape index (κ2) is 21.2. The molecule has 58 heavy (non-hydrogen) atoms. The molecule has 4 heteroatoms. The lowest BCUT2D eigenvalue weighted by Gasteiger charge is -2.33. The number of Topliss-reactive ketones (excluding diaryl/α,β-unsaturated/α-hetero) is 1. The zero-order chi connectivity index (χ0) is 40.1. The maximum absolute atomic E-state index is 14.1. The largest absolute Gasteiger partial charge is 0.871 e. The van der Waals surface area contributed by atoms with Gasteiger partial charge in [-0.25, -0.2) is 0 Å². The van der Waals surface area contributed by atoms with E-state index in [0.717, 1.165) is 37.2 Å². The van der Waals surface area contributed by atoms with Crippen molar-refractivity contribution in [3.63, 3.8) is 0 Å². The highest BCUT2D eigenvalue weighted by atomic mass is 16.3. The first-order chi connectivity index (χ1) is 28.6. The summed E-state index contributed by atoms with van der Waals surface area (Å²) in [5, 5.41) is 19.1. The molecule has 4 aromatic rings. The number of carbonyl (C=O) groups is 1. The summed E-state index contributed by atoms with van der Waals surface area (Å²) in [7, 11) is 0. The zero-order valence-electron chi connectivity index (χ0n) is 35.9. The van der Waals surface area contributed by atoms with Crippen LogP contribution in [0.25, 0.3) is 27.2 Å². The molecule has 0 bridgehead atoms. The minimum atomic E-state index is -0.117. The van der Waals surface area contributed by atoms with Gasteiger partial charge in [0.2, 0.25) is 0 Å². The van der Waals surface area contributed by atoms with Crippen LogP contribution in [0.2, 0.25) is 0 Å². The van der Waals surface area contributed by atoms with Crippen molar-refractivity contribution < 1.29 is 14.8 Å². The van der Waals surface area contributed by atoms with Crippen molar-refractivity contribution in [3.8, 4) is 0 Å². The fraction of sp³-hybridized carbons (Fsp3) is 0.500. The maximum Gasteiger partial charge on any atom is 0.191 e. The molecular formula is C54H70N2O2. The number of hydrogen-bond donors (Lipinski definition) is 1. The Morgan fingerprint density at radius 3 is 1.72 bits per heavy atom. The van der Waals surface area contributed by atoms with Gasteiger partial charge in [0.05, 0.1) is 18.0 Å². The molecule has 1 N–H and O–H groups in total. The van der Waals surface area contributed by atoms with Crippen molar-refractivity contribution in [2.45, 2.75) is 161 Å². The average Bonchev–Trinajstić information content (AvgIpc) is 3.72. The molecule has 0 saturated carbocycles. The van der Waals surface area contributed by atoms with Gasteiger partial charge in [-0.05, 0) is 53.8 Å². The molecule has 2 aliphatic heterocycles. The van der Waals surface area contributed by atoms with E-state index in [1.54, 1.807) is 0 Å². The Bertz CT molecular complexity index is 2080. The summed E-state index contributed by atoms with van der Waals surface area (Å²) in [6, 6.07) is 26.0. The summed E-state index contributed by atoms with van der Waals surface area (Å²) in [5.74, 6) is -0.208. The molecule has 308 valence electrons. The van der Waals surface area contributed by atoms with Gasteiger partial charge in [0.1, 0.15) is 11.4 Å². The summed E-state index contributed by atoms with van der Waals surface area (Å²) in [6.07, 6.45) is 32.9. The predicted molar refractivity (Wildman–Crippen MR) is 244 cm³/mol. The predicted octanol–water partition coefficient (Wildman–Crippen LogP) is 13.2. The number of rotatable bonds is 26. The van der Waals surface area contributed by atoms with Crippen LogP contribution in [0.3, 0.4) is 0 Å². The Labute approximate surface area is 350 Å². The quantitative estimate of drug-likeness (QED) is 0.0510. The summed E-state index contributed by atoms with van der Waals surface area (Å²) in [4.78, 5) is 17.9. The van der Waals surface area contributed by atoms with Gasteiger partial charge < -0.3 is 10.0 Å². The molecule has 0 spiro atoms. The highest BCUT2D eigenvalue weighted by Crippen LogP contribution is 2.47. The van der Waals surface area contributed by atoms with E-state index in [1.807, 2.05) is 12.2 Å². The third kappa shape index (κ3) is 9.65. The molecule has 7 rings (SSSR count). The van der Waals surface area contributed by atoms with Gasteiger partial charge in [-0.1, -0.05) is 196 Å². The first-order valence-corrected chi connectivity index (χ1v) is 23.7. The van der Waals surface area contributed by atoms with E-state index in [1.165, 1.54) is 172 Å². The number of unbranched alkanes of at least 4 members (excludes halogenated alkanes) is 20. The van der Waals surface area contributed by atoms with E-state index < -0.39 is 0 Å². The molecule has 0 amide bonds. The first kappa shape index (κ1) is 42.0. The smallest absolute Gasteiger partial charge is 0.191 e. The third-order valence-electron chi connectivity index (χ3n) is 13.3. The number of nitrogens with zero attached hydrogens (tertiary/aromatic N) is 1. The summed E-state index contributed by atoms with van der Waals surface area (Å²) in [5.41, 5.74) is 6.64. The Morgan fingerprint density at radius 2 is 1.12 bits per heavy atom. The number of carbonyl (C=O) groups excluding carboxylic acids is 1. The van der Waals surface area contributed by atoms with Crippen LogP contribution in [0.1, 0.15) is 172 Å². The number of anilines is 1. The number of ketones is 1. The lowest BCUT2D eigenvalue weighted by Crippen LogP contribution is -3.03. The average molecular weight is 779 g/mol. The van der Waals surface area contributed by atoms with Crippen LogP contribution >= 0.6 is 0 Å². The van der Waals surface area contributed by atoms with Crippen LogP contribution in [0.5, 0.6) is 0 Å². The number of hydrogen-bond acceptors (Lipinski definition) is 3. The summed E-state index contributed by atoms with van der Waals surface area (Å²) in [6.45, 7) is 6.45. The van der Waals surface area contributed by atoms with Crippen molar-refractivity contribution in [2.75, 3.05) is 18.0 Å². The number of allylic oxidation sites excluding steroid dienone is 3. The Kier molecular flexibility index (Phi) is 15.4. The maximum atomic E-state index is 14.1. The Balaban J connectivity index is 1.03. The monoisotopic (exact) mass is 779 g/mol. The second-order valence-electron chi connectivity index (χ2n) is 17.6. The molecule has 2 heterocycles. The van der Waals surface area contributed by atoms with Crippen LogP contribution in [-0.4, -0.2) is 18.9 Å². The fourth-order valence-corrected chi connectivity index (χ4v) is 10.1. The van der Waals surface area contributed by atoms with Crippen LogP contribution in [-0.2, 0) is 4.79 Å². The molecule has 3 aliphatic rings. The van der Waals surface area contributed by atoms with E-state index in [-0.39, 0.29) is 17.6 Å². The number of benzene rings is 4. The van der Waals surface area contributed by atoms with Gasteiger partial charge >= 0.3 is 0 Å². The summed E-state index contributed by atoms with van der Waals surface area (Å²) < 4.78 is 0. The second-order valence-corrected chi connectivity index (χ2v) is 17.6. The molecule has 0 radical (unpaired) electrons. The van der Waals surface area contributed by atoms with Gasteiger partial charge in [0.25, 0.3) is 0 Å². The van der Waals surface area contributed by atoms with Crippen LogP contribution in [0, 0.1) is 0 Å². The van der Waals surface area contributed by atoms with Gasteiger partial charge in [-0.15, -0.1) is 0 Å². The molecule has 2 atom stereocenters. The van der Waals surface area contributed by atoms with Crippen LogP contribution in [0.15, 0.2) is 102 Å². The fourth-order valence-electron chi connectivity index (χ4n) is 10.1. The van der Waals surface area contributed by atoms with Crippen molar-refractivity contribution in [1.82, 2.24) is 0 Å². The Morgan fingerprint density at radius 1 is 0.603 bits per heavy atom. The van der Waals surface area contributed by atoms with E-state index in [0.29, 0.717) is 11.1 Å². The normalized spacial score (nSPS) is 18.5. The van der Waals surface area contributed by atoms with Gasteiger partial charge in [0, 0.05) is 46.5 Å². The molecule has 4 nitrogen and oxygen atoms in total. The standard InChI is InChI=1S/C54H70N2O2/c1-3-5-7-9-11-13-15-17-19-21-23-37-55-47-35-27-31-41-29-25-33-43(51(41)47)49(55)39-45-53(57)46(54(45)58)40-50-44-34-26-30-42-32-28-36-48(52(42)44)56(50)38-24-22-20-18-16-14-12-10-8-6-4-2/h25-36,39-40,49,57H,3-24,37-38H2,1-2H3/b45-39-,50-40+. The first-order valence-electron chi connectivity index (χ1n) is 23.7. The van der Waals surface area contributed by atoms with E-state index in [2.05, 4.69) is 91.5 Å². The van der Waals surface area contributed by atoms with Gasteiger partial charge in [0.15, 0.2) is 5.78 Å². The van der Waals surface area contributed by atoms with Crippen LogP contribution in [0.4, 0.5) is 11.4 Å². The van der Waals surface area contributed by atoms with Crippen molar-refractivity contribution in [1.29, 1.82) is 0 Å². The summed E-state index contributed by atoms with van der Waals surface area (Å²) >= 11 is 0. The van der Waals surface area contributed by atoms with E-state index in [9.17, 15) is 9.90 Å². The van der Waals surface area contributed by atoms with Crippen molar-refractivity contribution in [2.24, 2.45) is 0 Å². The third-order valence-corrected chi connectivity index (χ3v) is 13.3. The molecule has 0 saturated heterocycles. The van der Waals surface area contributed by atoms with E-state index in [4.69, 9.17) is 0 Å². The highest BCUT2D eigenvalue weighted by Gasteiger charge is 2.37. The molecule has 0 aromatic heterocycles. The lowest BCUT2D eigenvalue weighted by molar-refractivity contribution is -0.749. The molecule has 2 unspecified atom stereocenters. The van der Waals surface area contributed by atoms with Gasteiger partial charge in [-0.3, -0.25) is 9.69 Å².